The molecule has 0 atom stereocenters. The van der Waals surface area contributed by atoms with Crippen LogP contribution in [0, 0.1) is 0 Å². The summed E-state index contributed by atoms with van der Waals surface area (Å²) in [5, 5.41) is 6.21. The van der Waals surface area contributed by atoms with Gasteiger partial charge in [0.1, 0.15) is 0 Å². The van der Waals surface area contributed by atoms with Crippen LogP contribution in [0.2, 0.25) is 10.0 Å². The van der Waals surface area contributed by atoms with Gasteiger partial charge in [-0.2, -0.15) is 0 Å². The molecule has 0 heterocycles. The monoisotopic (exact) mass is 305 g/mol. The Bertz CT molecular complexity index is 454. The van der Waals surface area contributed by atoms with Crippen molar-refractivity contribution in [3.05, 3.63) is 28.2 Å². The van der Waals surface area contributed by atoms with Crippen molar-refractivity contribution >= 4 is 52.1 Å². The van der Waals surface area contributed by atoms with Crippen molar-refractivity contribution in [2.75, 3.05) is 11.9 Å². The Balaban J connectivity index is 2.40. The van der Waals surface area contributed by atoms with Gasteiger partial charge in [0.05, 0.1) is 15.7 Å². The maximum atomic E-state index is 11.5. The van der Waals surface area contributed by atoms with Crippen molar-refractivity contribution in [1.29, 1.82) is 0 Å². The van der Waals surface area contributed by atoms with Crippen LogP contribution in [0.4, 0.5) is 10.5 Å². The summed E-state index contributed by atoms with van der Waals surface area (Å²) in [6.07, 6.45) is 1.31. The number of rotatable bonds is 5. The lowest BCUT2D eigenvalue weighted by atomic mass is 10.3. The predicted molar refractivity (Wildman–Crippen MR) is 79.5 cm³/mol. The largest absolute Gasteiger partial charge is 0.393 e. The maximum absolute atomic E-state index is 11.5. The van der Waals surface area contributed by atoms with E-state index in [1.807, 2.05) is 0 Å². The number of nitrogens with two attached hydrogens (primary N) is 1. The number of carbonyl (C=O) groups is 1. The number of anilines is 1. The van der Waals surface area contributed by atoms with E-state index >= 15 is 0 Å². The van der Waals surface area contributed by atoms with E-state index < -0.39 is 0 Å². The average molecular weight is 306 g/mol. The molecule has 0 aromatic heterocycles. The van der Waals surface area contributed by atoms with Crippen LogP contribution in [-0.4, -0.2) is 17.6 Å². The van der Waals surface area contributed by atoms with Gasteiger partial charge in [0.25, 0.3) is 0 Å². The summed E-state index contributed by atoms with van der Waals surface area (Å²) in [4.78, 5) is 12.0. The van der Waals surface area contributed by atoms with Crippen LogP contribution in [0.15, 0.2) is 18.2 Å². The molecule has 7 heteroatoms. The molecule has 98 valence electrons. The third-order valence-corrected chi connectivity index (χ3v) is 2.83. The highest BCUT2D eigenvalue weighted by molar-refractivity contribution is 7.80. The molecular formula is C11H13Cl2N3OS. The van der Waals surface area contributed by atoms with E-state index in [-0.39, 0.29) is 6.03 Å². The van der Waals surface area contributed by atoms with Gasteiger partial charge in [0.2, 0.25) is 0 Å². The SMILES string of the molecule is NC(=S)CCCNC(=O)Nc1cc(Cl)ccc1Cl. The normalized spacial score (nSPS) is 9.89. The van der Waals surface area contributed by atoms with Crippen molar-refractivity contribution < 1.29 is 4.79 Å². The van der Waals surface area contributed by atoms with E-state index in [0.29, 0.717) is 40.1 Å². The van der Waals surface area contributed by atoms with Gasteiger partial charge >= 0.3 is 6.03 Å². The molecule has 4 nitrogen and oxygen atoms in total. The summed E-state index contributed by atoms with van der Waals surface area (Å²) in [5.41, 5.74) is 5.81. The molecule has 1 aromatic rings. The lowest BCUT2D eigenvalue weighted by Gasteiger charge is -2.09. The second-order valence-electron chi connectivity index (χ2n) is 3.57. The van der Waals surface area contributed by atoms with E-state index in [2.05, 4.69) is 10.6 Å². The quantitative estimate of drug-likeness (QED) is 0.578. The molecule has 1 rings (SSSR count). The number of hydrogen-bond acceptors (Lipinski definition) is 2. The second kappa shape index (κ2) is 7.41. The highest BCUT2D eigenvalue weighted by atomic mass is 35.5. The Hall–Kier alpha value is -1.04. The number of thiocarbonyl (C=S) groups is 1. The maximum Gasteiger partial charge on any atom is 0.319 e. The number of benzene rings is 1. The van der Waals surface area contributed by atoms with Gasteiger partial charge in [-0.1, -0.05) is 35.4 Å². The summed E-state index contributed by atoms with van der Waals surface area (Å²) in [6.45, 7) is 0.487. The molecule has 0 unspecified atom stereocenters. The number of nitrogens with one attached hydrogen (secondary N) is 2. The number of carbonyl (C=O) groups excluding carboxylic acids is 1. The fraction of sp³-hybridized carbons (Fsp3) is 0.273. The first-order valence-electron chi connectivity index (χ1n) is 5.27. The number of halogens is 2. The molecule has 0 spiro atoms. The van der Waals surface area contributed by atoms with Gasteiger partial charge in [0, 0.05) is 11.6 Å². The fourth-order valence-electron chi connectivity index (χ4n) is 1.22. The summed E-state index contributed by atoms with van der Waals surface area (Å²) in [6, 6.07) is 4.50. The minimum absolute atomic E-state index is 0.345. The molecule has 0 aliphatic carbocycles. The zero-order valence-corrected chi connectivity index (χ0v) is 11.8. The molecule has 0 aliphatic heterocycles. The zero-order valence-electron chi connectivity index (χ0n) is 9.50. The summed E-state index contributed by atoms with van der Waals surface area (Å²) < 4.78 is 0. The highest BCUT2D eigenvalue weighted by Crippen LogP contribution is 2.25. The molecule has 0 saturated heterocycles. The third-order valence-electron chi connectivity index (χ3n) is 2.06. The Morgan fingerprint density at radius 1 is 1.39 bits per heavy atom. The average Bonchev–Trinajstić information content (AvgIpc) is 2.29. The smallest absolute Gasteiger partial charge is 0.319 e. The second-order valence-corrected chi connectivity index (χ2v) is 4.94. The van der Waals surface area contributed by atoms with Crippen molar-refractivity contribution in [3.8, 4) is 0 Å². The fourth-order valence-corrected chi connectivity index (χ4v) is 1.71. The van der Waals surface area contributed by atoms with Crippen LogP contribution in [0.25, 0.3) is 0 Å². The molecule has 0 aliphatic rings. The van der Waals surface area contributed by atoms with E-state index in [9.17, 15) is 4.79 Å². The van der Waals surface area contributed by atoms with Crippen LogP contribution in [0.3, 0.4) is 0 Å². The minimum Gasteiger partial charge on any atom is -0.393 e. The van der Waals surface area contributed by atoms with Gasteiger partial charge in [-0.25, -0.2) is 4.79 Å². The minimum atomic E-state index is -0.345. The van der Waals surface area contributed by atoms with E-state index in [4.69, 9.17) is 41.2 Å². The van der Waals surface area contributed by atoms with Crippen molar-refractivity contribution in [2.45, 2.75) is 12.8 Å². The Labute approximate surface area is 121 Å². The Morgan fingerprint density at radius 2 is 2.11 bits per heavy atom. The lowest BCUT2D eigenvalue weighted by molar-refractivity contribution is 0.252. The molecule has 0 fully saturated rings. The Kier molecular flexibility index (Phi) is 6.18. The number of amides is 2. The zero-order chi connectivity index (χ0) is 13.5. The summed E-state index contributed by atoms with van der Waals surface area (Å²) in [7, 11) is 0. The molecule has 0 radical (unpaired) electrons. The van der Waals surface area contributed by atoms with Gasteiger partial charge in [0.15, 0.2) is 0 Å². The van der Waals surface area contributed by atoms with Crippen LogP contribution < -0.4 is 16.4 Å². The van der Waals surface area contributed by atoms with Crippen LogP contribution in [0.5, 0.6) is 0 Å². The van der Waals surface area contributed by atoms with Crippen molar-refractivity contribution in [1.82, 2.24) is 5.32 Å². The van der Waals surface area contributed by atoms with Gasteiger partial charge in [-0.05, 0) is 31.0 Å². The van der Waals surface area contributed by atoms with E-state index in [0.717, 1.165) is 0 Å². The predicted octanol–water partition coefficient (Wildman–Crippen LogP) is 3.18. The molecule has 0 bridgehead atoms. The van der Waals surface area contributed by atoms with Gasteiger partial charge in [-0.3, -0.25) is 0 Å². The van der Waals surface area contributed by atoms with E-state index in [1.54, 1.807) is 18.2 Å². The molecule has 18 heavy (non-hydrogen) atoms. The van der Waals surface area contributed by atoms with Crippen LogP contribution in [-0.2, 0) is 0 Å². The number of hydrogen-bond donors (Lipinski definition) is 3. The first kappa shape index (κ1) is 15.0. The molecule has 0 saturated carbocycles. The topological polar surface area (TPSA) is 67.1 Å². The molecule has 1 aromatic carbocycles. The molecular weight excluding hydrogens is 293 g/mol. The third kappa shape index (κ3) is 5.53. The standard InChI is InChI=1S/C11H13Cl2N3OS/c12-7-3-4-8(13)9(6-7)16-11(17)15-5-1-2-10(14)18/h3-4,6H,1-2,5H2,(H2,14,18)(H2,15,16,17). The van der Waals surface area contributed by atoms with E-state index in [1.165, 1.54) is 0 Å². The first-order valence-corrected chi connectivity index (χ1v) is 6.43. The number of urea groups is 1. The van der Waals surface area contributed by atoms with Crippen molar-refractivity contribution in [3.63, 3.8) is 0 Å². The lowest BCUT2D eigenvalue weighted by Crippen LogP contribution is -2.30. The summed E-state index contributed by atoms with van der Waals surface area (Å²) in [5.74, 6) is 0. The van der Waals surface area contributed by atoms with Gasteiger partial charge in [-0.15, -0.1) is 0 Å². The van der Waals surface area contributed by atoms with Crippen LogP contribution in [0.1, 0.15) is 12.8 Å². The van der Waals surface area contributed by atoms with Crippen LogP contribution >= 0.6 is 35.4 Å². The van der Waals surface area contributed by atoms with Crippen molar-refractivity contribution in [2.24, 2.45) is 5.73 Å². The highest BCUT2D eigenvalue weighted by Gasteiger charge is 2.05. The molecule has 4 N–H and O–H groups in total. The Morgan fingerprint density at radius 3 is 2.78 bits per heavy atom. The molecule has 2 amide bonds. The van der Waals surface area contributed by atoms with Gasteiger partial charge < -0.3 is 16.4 Å². The first-order chi connectivity index (χ1) is 8.49. The summed E-state index contributed by atoms with van der Waals surface area (Å²) >= 11 is 16.4.